The predicted molar refractivity (Wildman–Crippen MR) is 74.0 cm³/mol. The molecule has 2 atom stereocenters. The molecule has 19 heavy (non-hydrogen) atoms. The molecule has 0 bridgehead atoms. The molecule has 106 valence electrons. The van der Waals surface area contributed by atoms with E-state index >= 15 is 0 Å². The van der Waals surface area contributed by atoms with Crippen molar-refractivity contribution in [2.45, 2.75) is 25.9 Å². The lowest BCUT2D eigenvalue weighted by Crippen LogP contribution is -2.38. The van der Waals surface area contributed by atoms with Gasteiger partial charge in [-0.05, 0) is 19.9 Å². The maximum Gasteiger partial charge on any atom is 0.258 e. The highest BCUT2D eigenvalue weighted by Gasteiger charge is 2.11. The number of hydrogen-bond donors (Lipinski definition) is 2. The first-order valence-corrected chi connectivity index (χ1v) is 6.30. The summed E-state index contributed by atoms with van der Waals surface area (Å²) >= 11 is 0. The number of carbonyl (C=O) groups is 1. The van der Waals surface area contributed by atoms with Crippen molar-refractivity contribution in [1.29, 1.82) is 0 Å². The van der Waals surface area contributed by atoms with Crippen molar-refractivity contribution in [3.05, 3.63) is 29.8 Å². The van der Waals surface area contributed by atoms with E-state index < -0.39 is 0 Å². The van der Waals surface area contributed by atoms with Crippen molar-refractivity contribution in [3.63, 3.8) is 0 Å². The lowest BCUT2D eigenvalue weighted by Gasteiger charge is -2.15. The molecular weight excluding hydrogens is 244 g/mol. The molecule has 0 heterocycles. The topological polar surface area (TPSA) is 73.6 Å². The predicted octanol–water partition coefficient (Wildman–Crippen LogP) is 1.24. The van der Waals surface area contributed by atoms with Gasteiger partial charge in [-0.25, -0.2) is 0 Å². The summed E-state index contributed by atoms with van der Waals surface area (Å²) in [5.41, 5.74) is 6.73. The van der Waals surface area contributed by atoms with Gasteiger partial charge < -0.3 is 20.5 Å². The zero-order valence-electron chi connectivity index (χ0n) is 11.7. The van der Waals surface area contributed by atoms with E-state index in [0.717, 1.165) is 5.56 Å². The van der Waals surface area contributed by atoms with Gasteiger partial charge >= 0.3 is 0 Å². The van der Waals surface area contributed by atoms with Crippen LogP contribution in [0.5, 0.6) is 5.75 Å². The summed E-state index contributed by atoms with van der Waals surface area (Å²) in [6.07, 6.45) is 0. The fraction of sp³-hybridized carbons (Fsp3) is 0.500. The van der Waals surface area contributed by atoms with Crippen molar-refractivity contribution in [2.75, 3.05) is 20.3 Å². The highest BCUT2D eigenvalue weighted by molar-refractivity contribution is 5.77. The summed E-state index contributed by atoms with van der Waals surface area (Å²) in [6.45, 7) is 4.19. The zero-order valence-corrected chi connectivity index (χ0v) is 11.7. The molecule has 1 aromatic rings. The van der Waals surface area contributed by atoms with Gasteiger partial charge in [0.15, 0.2) is 6.61 Å². The fourth-order valence-electron chi connectivity index (χ4n) is 1.74. The molecule has 1 amide bonds. The third-order valence-corrected chi connectivity index (χ3v) is 2.59. The number of rotatable bonds is 7. The van der Waals surface area contributed by atoms with Crippen molar-refractivity contribution in [3.8, 4) is 5.75 Å². The minimum Gasteiger partial charge on any atom is -0.483 e. The Morgan fingerprint density at radius 2 is 2.05 bits per heavy atom. The van der Waals surface area contributed by atoms with Crippen LogP contribution >= 0.6 is 0 Å². The van der Waals surface area contributed by atoms with Gasteiger partial charge in [0.1, 0.15) is 5.75 Å². The molecule has 0 fully saturated rings. The van der Waals surface area contributed by atoms with Crippen LogP contribution in [0.25, 0.3) is 0 Å². The van der Waals surface area contributed by atoms with E-state index in [1.165, 1.54) is 0 Å². The number of hydrogen-bond acceptors (Lipinski definition) is 4. The zero-order chi connectivity index (χ0) is 14.3. The van der Waals surface area contributed by atoms with Gasteiger partial charge in [0.25, 0.3) is 5.91 Å². The van der Waals surface area contributed by atoms with Crippen LogP contribution in [0.4, 0.5) is 0 Å². The van der Waals surface area contributed by atoms with E-state index in [-0.39, 0.29) is 24.6 Å². The van der Waals surface area contributed by atoms with Crippen LogP contribution in [0.2, 0.25) is 0 Å². The van der Waals surface area contributed by atoms with Crippen molar-refractivity contribution >= 4 is 5.91 Å². The third-order valence-electron chi connectivity index (χ3n) is 2.59. The van der Waals surface area contributed by atoms with Gasteiger partial charge in [0, 0.05) is 24.8 Å². The standard InChI is InChI=1S/C14H22N2O3/c1-10(8-18-3)16-14(17)9-19-13-7-5-4-6-12(13)11(2)15/h4-7,10-11H,8-9,15H2,1-3H3,(H,16,17)/t10?,11-/m1/s1. The Morgan fingerprint density at radius 1 is 1.37 bits per heavy atom. The molecule has 1 unspecified atom stereocenters. The number of nitrogens with two attached hydrogens (primary N) is 1. The van der Waals surface area contributed by atoms with Crippen LogP contribution in [0.1, 0.15) is 25.5 Å². The molecular formula is C14H22N2O3. The van der Waals surface area contributed by atoms with Gasteiger partial charge in [-0.15, -0.1) is 0 Å². The molecule has 1 aromatic carbocycles. The number of amides is 1. The second-order valence-electron chi connectivity index (χ2n) is 4.54. The molecule has 0 aliphatic carbocycles. The van der Waals surface area contributed by atoms with Gasteiger partial charge in [0.05, 0.1) is 6.61 Å². The minimum absolute atomic E-state index is 0.0300. The Labute approximate surface area is 114 Å². The van der Waals surface area contributed by atoms with Crippen LogP contribution in [0.15, 0.2) is 24.3 Å². The van der Waals surface area contributed by atoms with E-state index in [9.17, 15) is 4.79 Å². The summed E-state index contributed by atoms with van der Waals surface area (Å²) in [6, 6.07) is 7.28. The first-order valence-electron chi connectivity index (χ1n) is 6.30. The van der Waals surface area contributed by atoms with E-state index in [4.69, 9.17) is 15.2 Å². The molecule has 0 aromatic heterocycles. The molecule has 5 heteroatoms. The summed E-state index contributed by atoms with van der Waals surface area (Å²) in [4.78, 5) is 11.7. The number of para-hydroxylation sites is 1. The van der Waals surface area contributed by atoms with Gasteiger partial charge in [-0.2, -0.15) is 0 Å². The molecule has 0 radical (unpaired) electrons. The van der Waals surface area contributed by atoms with Crippen molar-refractivity contribution in [1.82, 2.24) is 5.32 Å². The Hall–Kier alpha value is -1.59. The van der Waals surface area contributed by atoms with Gasteiger partial charge in [-0.1, -0.05) is 18.2 Å². The highest BCUT2D eigenvalue weighted by Crippen LogP contribution is 2.22. The SMILES string of the molecule is COCC(C)NC(=O)COc1ccccc1[C@@H](C)N. The molecule has 0 saturated heterocycles. The maximum atomic E-state index is 11.7. The number of methoxy groups -OCH3 is 1. The van der Waals surface area contributed by atoms with Crippen molar-refractivity contribution < 1.29 is 14.3 Å². The second kappa shape index (κ2) is 7.76. The highest BCUT2D eigenvalue weighted by atomic mass is 16.5. The Kier molecular flexibility index (Phi) is 6.32. The molecule has 1 rings (SSSR count). The molecule has 3 N–H and O–H groups in total. The van der Waals surface area contributed by atoms with Crippen LogP contribution in [-0.4, -0.2) is 32.3 Å². The Balaban J connectivity index is 2.50. The summed E-state index contributed by atoms with van der Waals surface area (Å²) in [5.74, 6) is 0.469. The first kappa shape index (κ1) is 15.5. The molecule has 0 saturated carbocycles. The second-order valence-corrected chi connectivity index (χ2v) is 4.54. The Bertz CT molecular complexity index is 407. The summed E-state index contributed by atoms with van der Waals surface area (Å²) < 4.78 is 10.5. The summed E-state index contributed by atoms with van der Waals surface area (Å²) in [7, 11) is 1.60. The lowest BCUT2D eigenvalue weighted by atomic mass is 10.1. The van der Waals surface area contributed by atoms with E-state index in [2.05, 4.69) is 5.32 Å². The average Bonchev–Trinajstić information content (AvgIpc) is 2.36. The minimum atomic E-state index is -0.177. The van der Waals surface area contributed by atoms with Gasteiger partial charge in [0.2, 0.25) is 0 Å². The Morgan fingerprint density at radius 3 is 2.68 bits per heavy atom. The molecule has 0 aliphatic heterocycles. The van der Waals surface area contributed by atoms with Crippen LogP contribution < -0.4 is 15.8 Å². The normalized spacial score (nSPS) is 13.7. The van der Waals surface area contributed by atoms with Crippen LogP contribution in [0.3, 0.4) is 0 Å². The maximum absolute atomic E-state index is 11.7. The first-order chi connectivity index (χ1) is 9.04. The largest absolute Gasteiger partial charge is 0.483 e. The smallest absolute Gasteiger partial charge is 0.258 e. The van der Waals surface area contributed by atoms with E-state index in [1.54, 1.807) is 7.11 Å². The molecule has 0 aliphatic rings. The van der Waals surface area contributed by atoms with Crippen LogP contribution in [0, 0.1) is 0 Å². The van der Waals surface area contributed by atoms with E-state index in [1.807, 2.05) is 38.1 Å². The van der Waals surface area contributed by atoms with E-state index in [0.29, 0.717) is 12.4 Å². The molecule has 5 nitrogen and oxygen atoms in total. The number of benzene rings is 1. The number of carbonyl (C=O) groups excluding carboxylic acids is 1. The lowest BCUT2D eigenvalue weighted by molar-refractivity contribution is -0.124. The number of ether oxygens (including phenoxy) is 2. The number of nitrogens with one attached hydrogen (secondary N) is 1. The van der Waals surface area contributed by atoms with Crippen molar-refractivity contribution in [2.24, 2.45) is 5.73 Å². The van der Waals surface area contributed by atoms with Gasteiger partial charge in [-0.3, -0.25) is 4.79 Å². The monoisotopic (exact) mass is 266 g/mol. The fourth-order valence-corrected chi connectivity index (χ4v) is 1.74. The molecule has 0 spiro atoms. The quantitative estimate of drug-likeness (QED) is 0.778. The average molecular weight is 266 g/mol. The summed E-state index contributed by atoms with van der Waals surface area (Å²) in [5, 5.41) is 2.78. The third kappa shape index (κ3) is 5.28. The van der Waals surface area contributed by atoms with Crippen LogP contribution in [-0.2, 0) is 9.53 Å².